The van der Waals surface area contributed by atoms with Crippen LogP contribution in [0.25, 0.3) is 0 Å². The van der Waals surface area contributed by atoms with Crippen LogP contribution in [0.1, 0.15) is 58.3 Å². The van der Waals surface area contributed by atoms with Gasteiger partial charge in [0.05, 0.1) is 6.61 Å². The van der Waals surface area contributed by atoms with E-state index in [0.717, 1.165) is 12.8 Å². The highest BCUT2D eigenvalue weighted by atomic mass is 32.7. The molecule has 5 heteroatoms. The fourth-order valence-corrected chi connectivity index (χ4v) is 2.05. The molecule has 0 spiro atoms. The quantitative estimate of drug-likeness (QED) is 0.444. The summed E-state index contributed by atoms with van der Waals surface area (Å²) in [6, 6.07) is 0. The third kappa shape index (κ3) is 14.3. The lowest BCUT2D eigenvalue weighted by Crippen LogP contribution is -1.98. The van der Waals surface area contributed by atoms with Crippen LogP contribution in [-0.2, 0) is 13.9 Å². The summed E-state index contributed by atoms with van der Waals surface area (Å²) >= 11 is 0. The maximum atomic E-state index is 10.6. The van der Waals surface area contributed by atoms with Gasteiger partial charge in [0.1, 0.15) is 0 Å². The predicted molar refractivity (Wildman–Crippen MR) is 67.2 cm³/mol. The number of unbranched alkanes of at least 4 members (excludes halogenated alkanes) is 7. The molecular formula is C10H23O3PS. The molecule has 0 rings (SSSR count). The van der Waals surface area contributed by atoms with E-state index in [1.807, 2.05) is 0 Å². The zero-order chi connectivity index (χ0) is 11.6. The Morgan fingerprint density at radius 3 is 1.87 bits per heavy atom. The Labute approximate surface area is 96.1 Å². The molecule has 0 aliphatic carbocycles. The van der Waals surface area contributed by atoms with Crippen LogP contribution < -0.4 is 0 Å². The smallest absolute Gasteiger partial charge is 0.268 e. The summed E-state index contributed by atoms with van der Waals surface area (Å²) in [5.74, 6) is 0. The Balaban J connectivity index is 3.06. The Morgan fingerprint density at radius 1 is 0.933 bits per heavy atom. The Hall–Kier alpha value is 0.340. The molecule has 0 aliphatic rings. The van der Waals surface area contributed by atoms with Gasteiger partial charge in [0.2, 0.25) is 0 Å². The van der Waals surface area contributed by atoms with Crippen LogP contribution in [0.4, 0.5) is 0 Å². The molecular weight excluding hydrogens is 231 g/mol. The van der Waals surface area contributed by atoms with Crippen molar-refractivity contribution >= 4 is 18.2 Å². The topological polar surface area (TPSA) is 43.4 Å². The average molecular weight is 254 g/mol. The van der Waals surface area contributed by atoms with E-state index in [1.165, 1.54) is 38.5 Å². The van der Waals surface area contributed by atoms with Crippen molar-refractivity contribution in [2.24, 2.45) is 0 Å². The fraction of sp³-hybridized carbons (Fsp3) is 1.00. The highest BCUT2D eigenvalue weighted by Crippen LogP contribution is 2.09. The van der Waals surface area contributed by atoms with Gasteiger partial charge in [-0.25, -0.2) is 0 Å². The highest BCUT2D eigenvalue weighted by molar-refractivity contribution is 8.34. The van der Waals surface area contributed by atoms with Gasteiger partial charge in [-0.05, 0) is 6.42 Å². The molecule has 0 heterocycles. The van der Waals surface area contributed by atoms with Gasteiger partial charge in [0.15, 0.2) is 0 Å². The minimum atomic E-state index is -3.31. The van der Waals surface area contributed by atoms with Crippen molar-refractivity contribution < 1.29 is 12.6 Å². The lowest BCUT2D eigenvalue weighted by molar-refractivity contribution is 0.316. The Kier molecular flexibility index (Phi) is 9.77. The largest absolute Gasteiger partial charge is 0.277 e. The van der Waals surface area contributed by atoms with Crippen molar-refractivity contribution in [1.29, 1.82) is 0 Å². The van der Waals surface area contributed by atoms with Crippen LogP contribution in [0.3, 0.4) is 0 Å². The third-order valence-electron chi connectivity index (χ3n) is 2.25. The summed E-state index contributed by atoms with van der Waals surface area (Å²) < 4.78 is 25.8. The summed E-state index contributed by atoms with van der Waals surface area (Å²) in [7, 11) is -1.62. The molecule has 1 unspecified atom stereocenters. The molecule has 0 radical (unpaired) electrons. The van der Waals surface area contributed by atoms with Gasteiger partial charge in [-0.3, -0.25) is 4.18 Å². The predicted octanol–water partition coefficient (Wildman–Crippen LogP) is 3.26. The molecule has 0 saturated carbocycles. The molecule has 0 bridgehead atoms. The SMILES string of the molecule is CCCCCCCCCCOS(=O)(=O)P. The monoisotopic (exact) mass is 254 g/mol. The molecule has 0 aromatic heterocycles. The summed E-state index contributed by atoms with van der Waals surface area (Å²) in [6.45, 7) is 2.53. The van der Waals surface area contributed by atoms with Crippen LogP contribution in [0.5, 0.6) is 0 Å². The lowest BCUT2D eigenvalue weighted by Gasteiger charge is -2.01. The van der Waals surface area contributed by atoms with E-state index in [4.69, 9.17) is 0 Å². The first-order valence-electron chi connectivity index (χ1n) is 5.73. The van der Waals surface area contributed by atoms with Crippen molar-refractivity contribution in [2.45, 2.75) is 58.3 Å². The lowest BCUT2D eigenvalue weighted by atomic mass is 10.1. The molecule has 1 atom stereocenters. The summed E-state index contributed by atoms with van der Waals surface area (Å²) in [5, 5.41) is 0. The number of hydrogen-bond donors (Lipinski definition) is 0. The van der Waals surface area contributed by atoms with Gasteiger partial charge in [-0.2, -0.15) is 8.42 Å². The number of hydrogen-bond acceptors (Lipinski definition) is 3. The van der Waals surface area contributed by atoms with Crippen molar-refractivity contribution in [3.05, 3.63) is 0 Å². The maximum Gasteiger partial charge on any atom is 0.277 e. The second kappa shape index (κ2) is 9.56. The van der Waals surface area contributed by atoms with E-state index in [9.17, 15) is 8.42 Å². The molecule has 0 aromatic rings. The Bertz CT molecular complexity index is 227. The maximum absolute atomic E-state index is 10.6. The zero-order valence-corrected chi connectivity index (χ0v) is 11.5. The van der Waals surface area contributed by atoms with Crippen LogP contribution in [-0.4, -0.2) is 15.0 Å². The normalized spacial score (nSPS) is 11.9. The first-order valence-corrected chi connectivity index (χ1v) is 8.62. The first-order chi connectivity index (χ1) is 7.06. The molecule has 0 aliphatic heterocycles. The molecule has 0 N–H and O–H groups in total. The molecule has 0 amide bonds. The molecule has 0 saturated heterocycles. The molecule has 0 aromatic carbocycles. The van der Waals surface area contributed by atoms with Crippen molar-refractivity contribution in [1.82, 2.24) is 0 Å². The van der Waals surface area contributed by atoms with E-state index in [1.54, 1.807) is 8.44 Å². The third-order valence-corrected chi connectivity index (χ3v) is 3.15. The van der Waals surface area contributed by atoms with Crippen molar-refractivity contribution in [3.63, 3.8) is 0 Å². The zero-order valence-electron chi connectivity index (χ0n) is 9.57. The minimum absolute atomic E-state index is 0.320. The van der Waals surface area contributed by atoms with Crippen LogP contribution in [0.2, 0.25) is 0 Å². The van der Waals surface area contributed by atoms with Crippen molar-refractivity contribution in [2.75, 3.05) is 6.61 Å². The van der Waals surface area contributed by atoms with E-state index in [0.29, 0.717) is 6.61 Å². The van der Waals surface area contributed by atoms with Gasteiger partial charge < -0.3 is 0 Å². The fourth-order valence-electron chi connectivity index (χ4n) is 1.41. The first kappa shape index (κ1) is 15.3. The van der Waals surface area contributed by atoms with E-state index < -0.39 is 9.74 Å². The van der Waals surface area contributed by atoms with Gasteiger partial charge in [-0.15, -0.1) is 0 Å². The molecule has 0 fully saturated rings. The van der Waals surface area contributed by atoms with Gasteiger partial charge in [-0.1, -0.05) is 51.9 Å². The second-order valence-electron chi connectivity index (χ2n) is 3.79. The van der Waals surface area contributed by atoms with Crippen LogP contribution in [0, 0.1) is 0 Å². The summed E-state index contributed by atoms with van der Waals surface area (Å²) in [4.78, 5) is 0. The van der Waals surface area contributed by atoms with Crippen LogP contribution in [0.15, 0.2) is 0 Å². The van der Waals surface area contributed by atoms with E-state index in [-0.39, 0.29) is 0 Å². The van der Waals surface area contributed by atoms with Gasteiger partial charge in [0.25, 0.3) is 9.74 Å². The van der Waals surface area contributed by atoms with E-state index >= 15 is 0 Å². The van der Waals surface area contributed by atoms with Crippen LogP contribution >= 0.6 is 8.44 Å². The average Bonchev–Trinajstić information content (AvgIpc) is 2.14. The number of rotatable bonds is 10. The Morgan fingerprint density at radius 2 is 1.40 bits per heavy atom. The molecule has 92 valence electrons. The highest BCUT2D eigenvalue weighted by Gasteiger charge is 2.00. The minimum Gasteiger partial charge on any atom is -0.268 e. The van der Waals surface area contributed by atoms with Crippen molar-refractivity contribution in [3.8, 4) is 0 Å². The second-order valence-corrected chi connectivity index (χ2v) is 6.74. The van der Waals surface area contributed by atoms with Gasteiger partial charge >= 0.3 is 0 Å². The van der Waals surface area contributed by atoms with E-state index in [2.05, 4.69) is 11.1 Å². The molecule has 3 nitrogen and oxygen atoms in total. The summed E-state index contributed by atoms with van der Waals surface area (Å²) in [5.41, 5.74) is 0. The summed E-state index contributed by atoms with van der Waals surface area (Å²) in [6.07, 6.45) is 9.57. The van der Waals surface area contributed by atoms with Gasteiger partial charge in [0, 0.05) is 8.44 Å². The molecule has 15 heavy (non-hydrogen) atoms. The standard InChI is InChI=1S/C10H23O3PS/c1-2-3-4-5-6-7-8-9-10-13-15(11,12)14/h2-10,14H2,1H3.